The molecule has 0 saturated carbocycles. The van der Waals surface area contributed by atoms with Crippen molar-refractivity contribution in [1.29, 1.82) is 0 Å². The second kappa shape index (κ2) is 6.54. The maximum absolute atomic E-state index is 12.6. The van der Waals surface area contributed by atoms with Gasteiger partial charge < -0.3 is 0 Å². The van der Waals surface area contributed by atoms with E-state index >= 15 is 0 Å². The van der Waals surface area contributed by atoms with Gasteiger partial charge in [0.2, 0.25) is 10.0 Å². The monoisotopic (exact) mass is 360 g/mol. The predicted molar refractivity (Wildman–Crippen MR) is 82.9 cm³/mol. The highest BCUT2D eigenvalue weighted by Crippen LogP contribution is 2.27. The Bertz CT molecular complexity index is 560. The highest BCUT2D eigenvalue weighted by atomic mass is 79.9. The summed E-state index contributed by atoms with van der Waals surface area (Å²) in [6.45, 7) is 5.65. The fraction of sp³-hybridized carbons (Fsp3) is 0.643. The predicted octanol–water partition coefficient (Wildman–Crippen LogP) is 3.29. The minimum atomic E-state index is -3.42. The zero-order valence-electron chi connectivity index (χ0n) is 11.9. The van der Waals surface area contributed by atoms with Crippen LogP contribution >= 0.6 is 15.9 Å². The average Bonchev–Trinajstić information content (AvgIpc) is 2.64. The van der Waals surface area contributed by atoms with Crippen molar-refractivity contribution >= 4 is 26.0 Å². The van der Waals surface area contributed by atoms with E-state index in [0.717, 1.165) is 19.3 Å². The number of hydrogen-bond donors (Lipinski definition) is 0. The highest BCUT2D eigenvalue weighted by molar-refractivity contribution is 9.10. The summed E-state index contributed by atoms with van der Waals surface area (Å²) in [5.41, 5.74) is 0. The number of pyridine rings is 1. The molecular formula is C14H21BrN2O2S. The number of halogens is 1. The van der Waals surface area contributed by atoms with Crippen molar-refractivity contribution in [3.8, 4) is 0 Å². The smallest absolute Gasteiger partial charge is 0.244 e. The van der Waals surface area contributed by atoms with Gasteiger partial charge in [0.1, 0.15) is 4.90 Å². The Labute approximate surface area is 129 Å². The Balaban J connectivity index is 2.18. The summed E-state index contributed by atoms with van der Waals surface area (Å²) in [5, 5.41) is 0. The van der Waals surface area contributed by atoms with E-state index in [2.05, 4.69) is 34.8 Å². The molecule has 0 spiro atoms. The maximum Gasteiger partial charge on any atom is 0.244 e. The maximum atomic E-state index is 12.6. The molecule has 1 aromatic heterocycles. The third-order valence-corrected chi connectivity index (χ3v) is 6.29. The summed E-state index contributed by atoms with van der Waals surface area (Å²) in [5.74, 6) is 1.24. The molecule has 6 heteroatoms. The van der Waals surface area contributed by atoms with Crippen molar-refractivity contribution in [3.63, 3.8) is 0 Å². The first kappa shape index (κ1) is 15.9. The van der Waals surface area contributed by atoms with Gasteiger partial charge in [0.05, 0.1) is 0 Å². The third-order valence-electron chi connectivity index (χ3n) is 3.99. The minimum Gasteiger partial charge on any atom is -0.262 e. The molecule has 4 nitrogen and oxygen atoms in total. The van der Waals surface area contributed by atoms with Gasteiger partial charge in [-0.25, -0.2) is 8.42 Å². The molecule has 0 radical (unpaired) electrons. The third kappa shape index (κ3) is 3.59. The van der Waals surface area contributed by atoms with Crippen LogP contribution in [0.5, 0.6) is 0 Å². The van der Waals surface area contributed by atoms with Gasteiger partial charge >= 0.3 is 0 Å². The van der Waals surface area contributed by atoms with Crippen LogP contribution in [-0.4, -0.2) is 30.8 Å². The molecule has 1 saturated heterocycles. The van der Waals surface area contributed by atoms with Gasteiger partial charge in [-0.05, 0) is 53.1 Å². The zero-order valence-corrected chi connectivity index (χ0v) is 14.3. The van der Waals surface area contributed by atoms with Crippen molar-refractivity contribution in [1.82, 2.24) is 9.29 Å². The van der Waals surface area contributed by atoms with E-state index in [4.69, 9.17) is 0 Å². The second-order valence-corrected chi connectivity index (χ2v) is 8.53. The molecule has 1 aromatic rings. The van der Waals surface area contributed by atoms with E-state index in [-0.39, 0.29) is 4.90 Å². The summed E-state index contributed by atoms with van der Waals surface area (Å²) in [4.78, 5) is 4.23. The van der Waals surface area contributed by atoms with Crippen molar-refractivity contribution in [2.45, 2.75) is 38.0 Å². The molecule has 112 valence electrons. The minimum absolute atomic E-state index is 0.273. The molecule has 1 aliphatic rings. The Morgan fingerprint density at radius 2 is 2.05 bits per heavy atom. The van der Waals surface area contributed by atoms with Crippen LogP contribution in [0.15, 0.2) is 27.8 Å². The van der Waals surface area contributed by atoms with Crippen LogP contribution in [0, 0.1) is 11.8 Å². The Morgan fingerprint density at radius 3 is 2.70 bits per heavy atom. The molecule has 20 heavy (non-hydrogen) atoms. The van der Waals surface area contributed by atoms with Gasteiger partial charge in [0.25, 0.3) is 0 Å². The molecule has 2 heterocycles. The van der Waals surface area contributed by atoms with Crippen LogP contribution in [0.3, 0.4) is 0 Å². The first-order chi connectivity index (χ1) is 9.41. The highest BCUT2D eigenvalue weighted by Gasteiger charge is 2.28. The van der Waals surface area contributed by atoms with Crippen molar-refractivity contribution in [3.05, 3.63) is 22.9 Å². The first-order valence-corrected chi connectivity index (χ1v) is 9.25. The van der Waals surface area contributed by atoms with Gasteiger partial charge in [0.15, 0.2) is 0 Å². The lowest BCUT2D eigenvalue weighted by Crippen LogP contribution is -2.32. The molecule has 1 atom stereocenters. The summed E-state index contributed by atoms with van der Waals surface area (Å²) < 4.78 is 27.6. The summed E-state index contributed by atoms with van der Waals surface area (Å²) in [6.07, 6.45) is 6.00. The topological polar surface area (TPSA) is 50.3 Å². The molecule has 1 aliphatic heterocycles. The number of sulfonamides is 1. The Morgan fingerprint density at radius 1 is 1.30 bits per heavy atom. The number of rotatable bonds is 3. The fourth-order valence-corrected chi connectivity index (χ4v) is 4.69. The van der Waals surface area contributed by atoms with Gasteiger partial charge in [-0.1, -0.05) is 13.8 Å². The van der Waals surface area contributed by atoms with Crippen LogP contribution in [-0.2, 0) is 10.0 Å². The van der Waals surface area contributed by atoms with Crippen LogP contribution in [0.1, 0.15) is 33.1 Å². The Hall–Kier alpha value is -0.460. The van der Waals surface area contributed by atoms with E-state index in [9.17, 15) is 8.42 Å². The first-order valence-electron chi connectivity index (χ1n) is 7.02. The molecule has 0 aromatic carbocycles. The molecule has 0 bridgehead atoms. The van der Waals surface area contributed by atoms with Crippen molar-refractivity contribution < 1.29 is 8.42 Å². The van der Waals surface area contributed by atoms with Crippen LogP contribution < -0.4 is 0 Å². The molecular weight excluding hydrogens is 340 g/mol. The lowest BCUT2D eigenvalue weighted by atomic mass is 9.89. The van der Waals surface area contributed by atoms with Crippen LogP contribution in [0.2, 0.25) is 0 Å². The van der Waals surface area contributed by atoms with Crippen molar-refractivity contribution in [2.24, 2.45) is 11.8 Å². The van der Waals surface area contributed by atoms with E-state index in [0.29, 0.717) is 29.4 Å². The van der Waals surface area contributed by atoms with Crippen LogP contribution in [0.4, 0.5) is 0 Å². The lowest BCUT2D eigenvalue weighted by Gasteiger charge is -2.21. The van der Waals surface area contributed by atoms with Gasteiger partial charge in [-0.15, -0.1) is 0 Å². The largest absolute Gasteiger partial charge is 0.262 e. The molecule has 0 N–H and O–H groups in total. The van der Waals surface area contributed by atoms with E-state index < -0.39 is 10.0 Å². The molecule has 2 rings (SSSR count). The standard InChI is InChI=1S/C14H21BrN2O2S/c1-11(2)12-4-3-6-17(7-5-12)20(18,19)14-8-13(15)9-16-10-14/h8-12H,3-7H2,1-2H3. The quantitative estimate of drug-likeness (QED) is 0.830. The van der Waals surface area contributed by atoms with Gasteiger partial charge in [-0.2, -0.15) is 4.31 Å². The second-order valence-electron chi connectivity index (χ2n) is 5.68. The zero-order chi connectivity index (χ0) is 14.8. The summed E-state index contributed by atoms with van der Waals surface area (Å²) >= 11 is 3.28. The SMILES string of the molecule is CC(C)C1CCCN(S(=O)(=O)c2cncc(Br)c2)CC1. The number of nitrogens with zero attached hydrogens (tertiary/aromatic N) is 2. The average molecular weight is 361 g/mol. The molecule has 1 fully saturated rings. The molecule has 0 amide bonds. The summed E-state index contributed by atoms with van der Waals surface area (Å²) in [7, 11) is -3.42. The number of aromatic nitrogens is 1. The molecule has 0 aliphatic carbocycles. The molecule has 1 unspecified atom stereocenters. The van der Waals surface area contributed by atoms with Crippen LogP contribution in [0.25, 0.3) is 0 Å². The lowest BCUT2D eigenvalue weighted by molar-refractivity contribution is 0.340. The van der Waals surface area contributed by atoms with E-state index in [1.54, 1.807) is 16.6 Å². The van der Waals surface area contributed by atoms with Crippen molar-refractivity contribution in [2.75, 3.05) is 13.1 Å². The van der Waals surface area contributed by atoms with E-state index in [1.165, 1.54) is 6.20 Å². The van der Waals surface area contributed by atoms with E-state index in [1.807, 2.05) is 0 Å². The number of hydrogen-bond acceptors (Lipinski definition) is 3. The Kier molecular flexibility index (Phi) is 5.20. The summed E-state index contributed by atoms with van der Waals surface area (Å²) in [6, 6.07) is 1.62. The van der Waals surface area contributed by atoms with Gasteiger partial charge in [-0.3, -0.25) is 4.98 Å². The fourth-order valence-electron chi connectivity index (χ4n) is 2.69. The normalized spacial score (nSPS) is 21.9. The van der Waals surface area contributed by atoms with Gasteiger partial charge in [0, 0.05) is 30.0 Å².